The summed E-state index contributed by atoms with van der Waals surface area (Å²) in [5.74, 6) is 0.191. The summed E-state index contributed by atoms with van der Waals surface area (Å²) in [5.41, 5.74) is 3.54. The molecule has 0 saturated carbocycles. The van der Waals surface area contributed by atoms with Crippen LogP contribution < -0.4 is 15.4 Å². The van der Waals surface area contributed by atoms with Crippen molar-refractivity contribution in [1.29, 1.82) is 0 Å². The molecule has 0 aliphatic heterocycles. The van der Waals surface area contributed by atoms with Crippen molar-refractivity contribution in [2.45, 2.75) is 19.4 Å². The molecule has 2 N–H and O–H groups in total. The highest BCUT2D eigenvalue weighted by Crippen LogP contribution is 2.26. The topological polar surface area (TPSA) is 50.4 Å². The first-order valence-electron chi connectivity index (χ1n) is 9.55. The fourth-order valence-corrected chi connectivity index (χ4v) is 3.14. The summed E-state index contributed by atoms with van der Waals surface area (Å²) < 4.78 is 18.5. The second-order valence-corrected chi connectivity index (χ2v) is 6.87. The fraction of sp³-hybridized carbons (Fsp3) is 0.208. The molecule has 0 unspecified atom stereocenters. The highest BCUT2D eigenvalue weighted by Gasteiger charge is 2.21. The Morgan fingerprint density at radius 1 is 1.03 bits per heavy atom. The second kappa shape index (κ2) is 9.85. The number of hydrogen-bond donors (Lipinski definition) is 2. The van der Waals surface area contributed by atoms with Gasteiger partial charge in [0.2, 0.25) is 5.91 Å². The Bertz CT molecular complexity index is 943. The minimum Gasteiger partial charge on any atom is -0.495 e. The quantitative estimate of drug-likeness (QED) is 0.586. The van der Waals surface area contributed by atoms with Gasteiger partial charge in [0.05, 0.1) is 12.8 Å². The normalized spacial score (nSPS) is 11.7. The Morgan fingerprint density at radius 2 is 1.76 bits per heavy atom. The monoisotopic (exact) mass is 392 g/mol. The van der Waals surface area contributed by atoms with E-state index in [1.54, 1.807) is 19.2 Å². The van der Waals surface area contributed by atoms with E-state index in [4.69, 9.17) is 4.74 Å². The Hall–Kier alpha value is -3.18. The lowest BCUT2D eigenvalue weighted by atomic mass is 10.0. The summed E-state index contributed by atoms with van der Waals surface area (Å²) in [5, 5.41) is 6.31. The zero-order valence-corrected chi connectivity index (χ0v) is 16.6. The highest BCUT2D eigenvalue weighted by molar-refractivity contribution is 5.96. The van der Waals surface area contributed by atoms with Crippen molar-refractivity contribution in [1.82, 2.24) is 5.32 Å². The van der Waals surface area contributed by atoms with Crippen LogP contribution in [0.25, 0.3) is 0 Å². The Balaban J connectivity index is 1.74. The molecule has 0 aliphatic rings. The smallest absolute Gasteiger partial charge is 0.246 e. The van der Waals surface area contributed by atoms with E-state index < -0.39 is 6.04 Å². The number of rotatable bonds is 8. The van der Waals surface area contributed by atoms with E-state index in [-0.39, 0.29) is 11.7 Å². The van der Waals surface area contributed by atoms with E-state index in [9.17, 15) is 9.18 Å². The summed E-state index contributed by atoms with van der Waals surface area (Å²) in [7, 11) is 1.58. The molecule has 3 aromatic carbocycles. The van der Waals surface area contributed by atoms with Crippen LogP contribution in [0.3, 0.4) is 0 Å². The van der Waals surface area contributed by atoms with E-state index in [2.05, 4.69) is 10.6 Å². The number of ether oxygens (including phenoxy) is 1. The number of halogens is 1. The van der Waals surface area contributed by atoms with Gasteiger partial charge in [0.1, 0.15) is 17.6 Å². The number of hydrogen-bond acceptors (Lipinski definition) is 3. The molecule has 1 amide bonds. The molecule has 4 nitrogen and oxygen atoms in total. The summed E-state index contributed by atoms with van der Waals surface area (Å²) in [6.07, 6.45) is 0.685. The number of nitrogens with one attached hydrogen (secondary N) is 2. The maximum absolute atomic E-state index is 13.1. The molecule has 0 radical (unpaired) electrons. The molecular formula is C24H25FN2O2. The molecule has 150 valence electrons. The minimum absolute atomic E-state index is 0.167. The summed E-state index contributed by atoms with van der Waals surface area (Å²) >= 11 is 0. The first-order valence-corrected chi connectivity index (χ1v) is 9.55. The van der Waals surface area contributed by atoms with Gasteiger partial charge < -0.3 is 15.4 Å². The SMILES string of the molecule is COc1ccc(C)cc1NC(=O)[C@H](NCCc1ccc(F)cc1)c1ccccc1. The van der Waals surface area contributed by atoms with Gasteiger partial charge in [-0.05, 0) is 54.3 Å². The largest absolute Gasteiger partial charge is 0.495 e. The van der Waals surface area contributed by atoms with Crippen LogP contribution in [0.2, 0.25) is 0 Å². The van der Waals surface area contributed by atoms with Gasteiger partial charge in [0.25, 0.3) is 0 Å². The van der Waals surface area contributed by atoms with Crippen LogP contribution in [-0.2, 0) is 11.2 Å². The van der Waals surface area contributed by atoms with E-state index in [1.165, 1.54) is 12.1 Å². The lowest BCUT2D eigenvalue weighted by Crippen LogP contribution is -2.34. The number of carbonyl (C=O) groups is 1. The maximum Gasteiger partial charge on any atom is 0.246 e. The number of methoxy groups -OCH3 is 1. The van der Waals surface area contributed by atoms with Crippen LogP contribution in [0.5, 0.6) is 5.75 Å². The van der Waals surface area contributed by atoms with Crippen LogP contribution in [0.1, 0.15) is 22.7 Å². The van der Waals surface area contributed by atoms with E-state index in [0.29, 0.717) is 24.4 Å². The molecule has 0 fully saturated rings. The van der Waals surface area contributed by atoms with Gasteiger partial charge in [0, 0.05) is 6.54 Å². The van der Waals surface area contributed by atoms with Crippen LogP contribution in [0.4, 0.5) is 10.1 Å². The number of carbonyl (C=O) groups excluding carboxylic acids is 1. The van der Waals surface area contributed by atoms with Crippen molar-refractivity contribution in [2.75, 3.05) is 19.0 Å². The predicted octanol–water partition coefficient (Wildman–Crippen LogP) is 4.65. The van der Waals surface area contributed by atoms with Gasteiger partial charge >= 0.3 is 0 Å². The Labute approximate surface area is 170 Å². The minimum atomic E-state index is -0.526. The van der Waals surface area contributed by atoms with Gasteiger partial charge in [-0.1, -0.05) is 48.5 Å². The van der Waals surface area contributed by atoms with Gasteiger partial charge in [-0.15, -0.1) is 0 Å². The lowest BCUT2D eigenvalue weighted by Gasteiger charge is -2.20. The van der Waals surface area contributed by atoms with Gasteiger partial charge in [0.15, 0.2) is 0 Å². The summed E-state index contributed by atoms with van der Waals surface area (Å²) in [6, 6.07) is 21.1. The Morgan fingerprint density at radius 3 is 2.45 bits per heavy atom. The van der Waals surface area contributed by atoms with Crippen LogP contribution in [-0.4, -0.2) is 19.6 Å². The van der Waals surface area contributed by atoms with Crippen molar-refractivity contribution in [3.8, 4) is 5.75 Å². The van der Waals surface area contributed by atoms with E-state index in [1.807, 2.05) is 55.5 Å². The second-order valence-electron chi connectivity index (χ2n) is 6.87. The number of anilines is 1. The summed E-state index contributed by atoms with van der Waals surface area (Å²) in [4.78, 5) is 13.1. The Kier molecular flexibility index (Phi) is 6.98. The number of amides is 1. The molecular weight excluding hydrogens is 367 g/mol. The molecule has 29 heavy (non-hydrogen) atoms. The highest BCUT2D eigenvalue weighted by atomic mass is 19.1. The van der Waals surface area contributed by atoms with Crippen molar-refractivity contribution >= 4 is 11.6 Å². The van der Waals surface area contributed by atoms with Gasteiger partial charge in [-0.3, -0.25) is 4.79 Å². The molecule has 3 rings (SSSR count). The van der Waals surface area contributed by atoms with Gasteiger partial charge in [-0.2, -0.15) is 0 Å². The molecule has 0 saturated heterocycles. The average Bonchev–Trinajstić information content (AvgIpc) is 2.73. The van der Waals surface area contributed by atoms with E-state index >= 15 is 0 Å². The number of benzene rings is 3. The summed E-state index contributed by atoms with van der Waals surface area (Å²) in [6.45, 7) is 2.54. The molecule has 0 aromatic heterocycles. The third-order valence-electron chi connectivity index (χ3n) is 4.68. The maximum atomic E-state index is 13.1. The zero-order valence-electron chi connectivity index (χ0n) is 16.6. The molecule has 0 aliphatic carbocycles. The van der Waals surface area contributed by atoms with Crippen molar-refractivity contribution in [3.63, 3.8) is 0 Å². The third kappa shape index (κ3) is 5.65. The predicted molar refractivity (Wildman–Crippen MR) is 114 cm³/mol. The van der Waals surface area contributed by atoms with Crippen LogP contribution in [0, 0.1) is 12.7 Å². The number of aryl methyl sites for hydroxylation is 1. The van der Waals surface area contributed by atoms with Crippen molar-refractivity contribution in [3.05, 3.63) is 95.3 Å². The molecule has 3 aromatic rings. The fourth-order valence-electron chi connectivity index (χ4n) is 3.14. The first-order chi connectivity index (χ1) is 14.1. The van der Waals surface area contributed by atoms with Crippen molar-refractivity contribution < 1.29 is 13.9 Å². The average molecular weight is 392 g/mol. The first kappa shape index (κ1) is 20.6. The molecule has 1 atom stereocenters. The molecule has 0 bridgehead atoms. The van der Waals surface area contributed by atoms with Crippen LogP contribution >= 0.6 is 0 Å². The zero-order chi connectivity index (χ0) is 20.6. The molecule has 0 spiro atoms. The van der Waals surface area contributed by atoms with Crippen molar-refractivity contribution in [2.24, 2.45) is 0 Å². The van der Waals surface area contributed by atoms with Gasteiger partial charge in [-0.25, -0.2) is 4.39 Å². The lowest BCUT2D eigenvalue weighted by molar-refractivity contribution is -0.118. The molecule has 5 heteroatoms. The molecule has 0 heterocycles. The van der Waals surface area contributed by atoms with Crippen LogP contribution in [0.15, 0.2) is 72.8 Å². The van der Waals surface area contributed by atoms with E-state index in [0.717, 1.165) is 16.7 Å². The third-order valence-corrected chi connectivity index (χ3v) is 4.68. The standard InChI is InChI=1S/C24H25FN2O2/c1-17-8-13-22(29-2)21(16-17)27-24(28)23(19-6-4-3-5-7-19)26-15-14-18-9-11-20(25)12-10-18/h3-13,16,23,26H,14-15H2,1-2H3,(H,27,28)/t23-/m1/s1.